The molecule has 1 amide bonds. The second-order valence-electron chi connectivity index (χ2n) is 6.07. The Hall–Kier alpha value is -3.03. The molecule has 2 rings (SSSR count). The van der Waals surface area contributed by atoms with Gasteiger partial charge in [-0.2, -0.15) is 13.2 Å². The van der Waals surface area contributed by atoms with Gasteiger partial charge < -0.3 is 14.8 Å². The molecule has 1 atom stereocenters. The molecule has 8 heteroatoms. The highest BCUT2D eigenvalue weighted by Crippen LogP contribution is 2.29. The molecule has 0 bridgehead atoms. The van der Waals surface area contributed by atoms with Crippen LogP contribution in [0.15, 0.2) is 48.5 Å². The Kier molecular flexibility index (Phi) is 7.03. The quantitative estimate of drug-likeness (QED) is 0.732. The summed E-state index contributed by atoms with van der Waals surface area (Å²) < 4.78 is 48.2. The zero-order valence-electron chi connectivity index (χ0n) is 15.4. The number of amides is 1. The van der Waals surface area contributed by atoms with Crippen LogP contribution < -0.4 is 10.1 Å². The van der Waals surface area contributed by atoms with E-state index in [0.29, 0.717) is 5.75 Å². The summed E-state index contributed by atoms with van der Waals surface area (Å²) in [5, 5.41) is 2.52. The predicted octanol–water partition coefficient (Wildman–Crippen LogP) is 3.16. The van der Waals surface area contributed by atoms with Gasteiger partial charge >= 0.3 is 12.1 Å². The third-order valence-corrected chi connectivity index (χ3v) is 4.01. The smallest absolute Gasteiger partial charge is 0.416 e. The van der Waals surface area contributed by atoms with Gasteiger partial charge in [0.15, 0.2) is 0 Å². The second kappa shape index (κ2) is 9.25. The van der Waals surface area contributed by atoms with Gasteiger partial charge in [0.1, 0.15) is 11.8 Å². The highest BCUT2D eigenvalue weighted by Gasteiger charge is 2.30. The summed E-state index contributed by atoms with van der Waals surface area (Å²) in [6.45, 7) is 0. The lowest BCUT2D eigenvalue weighted by molar-refractivity contribution is -0.145. The standard InChI is InChI=1S/C20H20F3NO4/c1-27-16-8-4-6-14(10-16)11-17(19(26)28-2)24-18(25)12-13-5-3-7-15(9-13)20(21,22)23/h3-10,17H,11-12H2,1-2H3,(H,24,25)/t17-/m1/s1. The summed E-state index contributed by atoms with van der Waals surface area (Å²) in [7, 11) is 2.70. The van der Waals surface area contributed by atoms with E-state index in [1.54, 1.807) is 24.3 Å². The van der Waals surface area contributed by atoms with E-state index in [1.165, 1.54) is 26.4 Å². The number of rotatable bonds is 7. The van der Waals surface area contributed by atoms with Crippen molar-refractivity contribution in [1.82, 2.24) is 5.32 Å². The van der Waals surface area contributed by atoms with E-state index in [9.17, 15) is 22.8 Å². The first-order valence-electron chi connectivity index (χ1n) is 8.39. The molecule has 2 aromatic carbocycles. The van der Waals surface area contributed by atoms with E-state index in [0.717, 1.165) is 17.7 Å². The van der Waals surface area contributed by atoms with Crippen LogP contribution in [0, 0.1) is 0 Å². The Balaban J connectivity index is 2.09. The van der Waals surface area contributed by atoms with Crippen molar-refractivity contribution in [1.29, 1.82) is 0 Å². The van der Waals surface area contributed by atoms with E-state index in [1.807, 2.05) is 0 Å². The van der Waals surface area contributed by atoms with Gasteiger partial charge in [0.05, 0.1) is 26.2 Å². The van der Waals surface area contributed by atoms with Crippen molar-refractivity contribution >= 4 is 11.9 Å². The molecule has 28 heavy (non-hydrogen) atoms. The maximum atomic E-state index is 12.8. The minimum atomic E-state index is -4.49. The minimum Gasteiger partial charge on any atom is -0.497 e. The van der Waals surface area contributed by atoms with Crippen LogP contribution in [0.4, 0.5) is 13.2 Å². The van der Waals surface area contributed by atoms with E-state index >= 15 is 0 Å². The van der Waals surface area contributed by atoms with Crippen LogP contribution in [0.3, 0.4) is 0 Å². The molecule has 0 aliphatic rings. The molecule has 0 spiro atoms. The largest absolute Gasteiger partial charge is 0.497 e. The van der Waals surface area contributed by atoms with Gasteiger partial charge in [0, 0.05) is 6.42 Å². The van der Waals surface area contributed by atoms with Gasteiger partial charge in [-0.05, 0) is 29.3 Å². The lowest BCUT2D eigenvalue weighted by Crippen LogP contribution is -2.43. The SMILES string of the molecule is COC(=O)[C@@H](Cc1cccc(OC)c1)NC(=O)Cc1cccc(C(F)(F)F)c1. The Labute approximate surface area is 160 Å². The molecular weight excluding hydrogens is 375 g/mol. The number of hydrogen-bond donors (Lipinski definition) is 1. The molecule has 1 N–H and O–H groups in total. The Bertz CT molecular complexity index is 836. The Morgan fingerprint density at radius 1 is 1.04 bits per heavy atom. The van der Waals surface area contributed by atoms with Crippen LogP contribution in [-0.4, -0.2) is 32.1 Å². The highest BCUT2D eigenvalue weighted by molar-refractivity contribution is 5.85. The van der Waals surface area contributed by atoms with Gasteiger partial charge in [0.2, 0.25) is 5.91 Å². The highest BCUT2D eigenvalue weighted by atomic mass is 19.4. The average Bonchev–Trinajstić information content (AvgIpc) is 2.66. The molecule has 0 saturated carbocycles. The second-order valence-corrected chi connectivity index (χ2v) is 6.07. The number of carbonyl (C=O) groups is 2. The van der Waals surface area contributed by atoms with Crippen molar-refractivity contribution in [3.63, 3.8) is 0 Å². The monoisotopic (exact) mass is 395 g/mol. The Morgan fingerprint density at radius 2 is 1.71 bits per heavy atom. The fourth-order valence-electron chi connectivity index (χ4n) is 2.66. The third-order valence-electron chi connectivity index (χ3n) is 4.01. The van der Waals surface area contributed by atoms with Crippen LogP contribution in [0.1, 0.15) is 16.7 Å². The zero-order chi connectivity index (χ0) is 20.7. The van der Waals surface area contributed by atoms with E-state index in [2.05, 4.69) is 5.32 Å². The lowest BCUT2D eigenvalue weighted by atomic mass is 10.0. The van der Waals surface area contributed by atoms with Crippen LogP contribution in [0.25, 0.3) is 0 Å². The summed E-state index contributed by atoms with van der Waals surface area (Å²) >= 11 is 0. The Morgan fingerprint density at radius 3 is 2.36 bits per heavy atom. The maximum absolute atomic E-state index is 12.8. The molecule has 0 fully saturated rings. The molecule has 150 valence electrons. The lowest BCUT2D eigenvalue weighted by Gasteiger charge is -2.17. The van der Waals surface area contributed by atoms with Crippen molar-refractivity contribution in [2.45, 2.75) is 25.1 Å². The molecule has 0 radical (unpaired) electrons. The van der Waals surface area contributed by atoms with Crippen molar-refractivity contribution in [2.24, 2.45) is 0 Å². The van der Waals surface area contributed by atoms with Gasteiger partial charge in [-0.1, -0.05) is 30.3 Å². The molecule has 2 aromatic rings. The number of methoxy groups -OCH3 is 2. The van der Waals surface area contributed by atoms with Crippen LogP contribution >= 0.6 is 0 Å². The van der Waals surface area contributed by atoms with Gasteiger partial charge in [-0.3, -0.25) is 4.79 Å². The molecule has 5 nitrogen and oxygen atoms in total. The molecule has 0 aromatic heterocycles. The fourth-order valence-corrected chi connectivity index (χ4v) is 2.66. The third kappa shape index (κ3) is 6.00. The number of halogens is 3. The van der Waals surface area contributed by atoms with Gasteiger partial charge in [0.25, 0.3) is 0 Å². The van der Waals surface area contributed by atoms with E-state index in [-0.39, 0.29) is 18.4 Å². The molecule has 0 heterocycles. The number of ether oxygens (including phenoxy) is 2. The number of nitrogens with one attached hydrogen (secondary N) is 1. The van der Waals surface area contributed by atoms with Crippen molar-refractivity contribution in [3.8, 4) is 5.75 Å². The molecular formula is C20H20F3NO4. The van der Waals surface area contributed by atoms with Crippen molar-refractivity contribution in [3.05, 3.63) is 65.2 Å². The van der Waals surface area contributed by atoms with E-state index < -0.39 is 29.7 Å². The first-order valence-corrected chi connectivity index (χ1v) is 8.39. The number of benzene rings is 2. The zero-order valence-corrected chi connectivity index (χ0v) is 15.4. The first-order chi connectivity index (χ1) is 13.2. The van der Waals surface area contributed by atoms with Crippen LogP contribution in [0.2, 0.25) is 0 Å². The minimum absolute atomic E-state index is 0.151. The van der Waals surface area contributed by atoms with Gasteiger partial charge in [-0.25, -0.2) is 4.79 Å². The first kappa shape index (κ1) is 21.3. The van der Waals surface area contributed by atoms with Crippen molar-refractivity contribution < 1.29 is 32.2 Å². The summed E-state index contributed by atoms with van der Waals surface area (Å²) in [5.74, 6) is -0.644. The average molecular weight is 395 g/mol. The molecule has 0 aliphatic heterocycles. The summed E-state index contributed by atoms with van der Waals surface area (Å²) in [6, 6.07) is 10.5. The fraction of sp³-hybridized carbons (Fsp3) is 0.300. The number of carbonyl (C=O) groups excluding carboxylic acids is 2. The number of alkyl halides is 3. The normalized spacial score (nSPS) is 12.2. The molecule has 0 saturated heterocycles. The van der Waals surface area contributed by atoms with E-state index in [4.69, 9.17) is 9.47 Å². The summed E-state index contributed by atoms with van der Waals surface area (Å²) in [6.07, 6.45) is -4.64. The number of hydrogen-bond acceptors (Lipinski definition) is 4. The number of esters is 1. The van der Waals surface area contributed by atoms with Gasteiger partial charge in [-0.15, -0.1) is 0 Å². The summed E-state index contributed by atoms with van der Waals surface area (Å²) in [5.41, 5.74) is 0.0881. The summed E-state index contributed by atoms with van der Waals surface area (Å²) in [4.78, 5) is 24.3. The topological polar surface area (TPSA) is 64.6 Å². The molecule has 0 unspecified atom stereocenters. The van der Waals surface area contributed by atoms with Crippen LogP contribution in [-0.2, 0) is 33.3 Å². The molecule has 0 aliphatic carbocycles. The predicted molar refractivity (Wildman–Crippen MR) is 95.8 cm³/mol. The van der Waals surface area contributed by atoms with Crippen LogP contribution in [0.5, 0.6) is 5.75 Å². The van der Waals surface area contributed by atoms with Crippen molar-refractivity contribution in [2.75, 3.05) is 14.2 Å². The maximum Gasteiger partial charge on any atom is 0.416 e.